The number of nitroso groups, excluding NO2 is 1. The fourth-order valence-electron chi connectivity index (χ4n) is 1.22. The van der Waals surface area contributed by atoms with E-state index < -0.39 is 0 Å². The van der Waals surface area contributed by atoms with Crippen molar-refractivity contribution in [3.63, 3.8) is 0 Å². The maximum absolute atomic E-state index is 10.4. The minimum Gasteiger partial charge on any atom is -0.479 e. The van der Waals surface area contributed by atoms with E-state index in [9.17, 15) is 4.91 Å². The molecule has 1 heterocycles. The molecule has 0 spiro atoms. The van der Waals surface area contributed by atoms with Gasteiger partial charge in [0.2, 0.25) is 11.8 Å². The van der Waals surface area contributed by atoms with Crippen LogP contribution < -0.4 is 9.64 Å². The Morgan fingerprint density at radius 3 is 2.60 bits per heavy atom. The van der Waals surface area contributed by atoms with E-state index in [1.54, 1.807) is 0 Å². The Balaban J connectivity index is 3.06. The number of aromatic nitrogens is 2. The lowest BCUT2D eigenvalue weighted by Gasteiger charge is -2.18. The Bertz CT molecular complexity index is 339. The highest BCUT2D eigenvalue weighted by Gasteiger charge is 2.11. The van der Waals surface area contributed by atoms with Crippen molar-refractivity contribution in [2.45, 2.75) is 13.8 Å². The molecule has 0 aliphatic rings. The van der Waals surface area contributed by atoms with E-state index in [-0.39, 0.29) is 11.6 Å². The van der Waals surface area contributed by atoms with Gasteiger partial charge in [0.15, 0.2) is 5.69 Å². The summed E-state index contributed by atoms with van der Waals surface area (Å²) in [7, 11) is 1.45. The fraction of sp³-hybridized carbons (Fsp3) is 0.556. The van der Waals surface area contributed by atoms with E-state index in [2.05, 4.69) is 15.1 Å². The Kier molecular flexibility index (Phi) is 3.96. The maximum atomic E-state index is 10.4. The molecule has 1 aromatic rings. The van der Waals surface area contributed by atoms with Crippen LogP contribution >= 0.6 is 0 Å². The number of hydrogen-bond acceptors (Lipinski definition) is 6. The summed E-state index contributed by atoms with van der Waals surface area (Å²) in [4.78, 5) is 20.5. The number of rotatable bonds is 5. The molecule has 0 saturated carbocycles. The first-order chi connectivity index (χ1) is 7.26. The summed E-state index contributed by atoms with van der Waals surface area (Å²) >= 11 is 0. The maximum Gasteiger partial charge on any atom is 0.248 e. The molecule has 15 heavy (non-hydrogen) atoms. The summed E-state index contributed by atoms with van der Waals surface area (Å²) in [6.45, 7) is 5.61. The number of nitrogens with zero attached hydrogens (tertiary/aromatic N) is 4. The van der Waals surface area contributed by atoms with Crippen LogP contribution in [0.1, 0.15) is 13.8 Å². The van der Waals surface area contributed by atoms with Crippen molar-refractivity contribution in [3.8, 4) is 5.88 Å². The predicted molar refractivity (Wildman–Crippen MR) is 57.6 cm³/mol. The molecule has 0 N–H and O–H groups in total. The van der Waals surface area contributed by atoms with Gasteiger partial charge in [-0.15, -0.1) is 4.91 Å². The van der Waals surface area contributed by atoms with Gasteiger partial charge in [0.25, 0.3) is 0 Å². The van der Waals surface area contributed by atoms with Crippen LogP contribution in [0.3, 0.4) is 0 Å². The molecule has 0 radical (unpaired) electrons. The third-order valence-electron chi connectivity index (χ3n) is 2.06. The topological polar surface area (TPSA) is 67.7 Å². The second-order valence-corrected chi connectivity index (χ2v) is 2.83. The number of anilines is 1. The van der Waals surface area contributed by atoms with Crippen LogP contribution in [0.4, 0.5) is 11.6 Å². The van der Waals surface area contributed by atoms with Crippen LogP contribution in [0.15, 0.2) is 11.4 Å². The molecular formula is C9H14N4O2. The first-order valence-electron chi connectivity index (χ1n) is 4.76. The van der Waals surface area contributed by atoms with Gasteiger partial charge in [-0.3, -0.25) is 0 Å². The van der Waals surface area contributed by atoms with Gasteiger partial charge in [0, 0.05) is 13.1 Å². The van der Waals surface area contributed by atoms with Crippen LogP contribution in [0.5, 0.6) is 5.88 Å². The van der Waals surface area contributed by atoms with Crippen LogP contribution in [0.25, 0.3) is 0 Å². The van der Waals surface area contributed by atoms with Crippen molar-refractivity contribution in [1.82, 2.24) is 9.97 Å². The van der Waals surface area contributed by atoms with Gasteiger partial charge in [-0.25, -0.2) is 4.98 Å². The highest BCUT2D eigenvalue weighted by Crippen LogP contribution is 2.25. The third kappa shape index (κ3) is 2.39. The van der Waals surface area contributed by atoms with Crippen molar-refractivity contribution in [3.05, 3.63) is 11.1 Å². The minimum atomic E-state index is 0.119. The molecule has 0 aliphatic carbocycles. The molecule has 1 aromatic heterocycles. The Morgan fingerprint density at radius 1 is 1.47 bits per heavy atom. The minimum absolute atomic E-state index is 0.119. The SMILES string of the molecule is CCN(CC)c1ncc(N=O)c(OC)n1. The number of methoxy groups -OCH3 is 1. The Hall–Kier alpha value is -1.72. The quantitative estimate of drug-likeness (QED) is 0.692. The monoisotopic (exact) mass is 210 g/mol. The fourth-order valence-corrected chi connectivity index (χ4v) is 1.22. The summed E-state index contributed by atoms with van der Waals surface area (Å²) in [6, 6.07) is 0. The molecule has 0 unspecified atom stereocenters. The number of hydrogen-bond donors (Lipinski definition) is 0. The van der Waals surface area contributed by atoms with Crippen molar-refractivity contribution in [2.75, 3.05) is 25.1 Å². The molecule has 0 amide bonds. The summed E-state index contributed by atoms with van der Waals surface area (Å²) in [6.07, 6.45) is 1.37. The molecule has 0 atom stereocenters. The van der Waals surface area contributed by atoms with Crippen LogP contribution in [-0.2, 0) is 0 Å². The highest BCUT2D eigenvalue weighted by molar-refractivity contribution is 5.48. The molecule has 82 valence electrons. The van der Waals surface area contributed by atoms with E-state index in [4.69, 9.17) is 4.74 Å². The Morgan fingerprint density at radius 2 is 2.13 bits per heavy atom. The van der Waals surface area contributed by atoms with Gasteiger partial charge in [0.1, 0.15) is 0 Å². The zero-order valence-corrected chi connectivity index (χ0v) is 9.10. The molecule has 0 fully saturated rings. The van der Waals surface area contributed by atoms with E-state index in [0.717, 1.165) is 13.1 Å². The Labute approximate surface area is 88.3 Å². The highest BCUT2D eigenvalue weighted by atomic mass is 16.5. The molecular weight excluding hydrogens is 196 g/mol. The van der Waals surface area contributed by atoms with Gasteiger partial charge in [-0.1, -0.05) is 0 Å². The molecule has 0 saturated heterocycles. The zero-order valence-electron chi connectivity index (χ0n) is 9.10. The summed E-state index contributed by atoms with van der Waals surface area (Å²) < 4.78 is 4.94. The lowest BCUT2D eigenvalue weighted by atomic mass is 10.5. The lowest BCUT2D eigenvalue weighted by molar-refractivity contribution is 0.398. The third-order valence-corrected chi connectivity index (χ3v) is 2.06. The largest absolute Gasteiger partial charge is 0.479 e. The van der Waals surface area contributed by atoms with E-state index in [1.165, 1.54) is 13.3 Å². The smallest absolute Gasteiger partial charge is 0.248 e. The van der Waals surface area contributed by atoms with Crippen molar-refractivity contribution in [2.24, 2.45) is 5.18 Å². The van der Waals surface area contributed by atoms with Crippen molar-refractivity contribution < 1.29 is 4.74 Å². The standard InChI is InChI=1S/C9H14N4O2/c1-4-13(5-2)9-10-6-7(12-14)8(11-9)15-3/h6H,4-5H2,1-3H3. The van der Waals surface area contributed by atoms with Crippen LogP contribution in [0, 0.1) is 4.91 Å². The van der Waals surface area contributed by atoms with Crippen LogP contribution in [-0.4, -0.2) is 30.2 Å². The summed E-state index contributed by atoms with van der Waals surface area (Å²) in [5.41, 5.74) is 0.119. The molecule has 1 rings (SSSR count). The van der Waals surface area contributed by atoms with Gasteiger partial charge < -0.3 is 9.64 Å². The van der Waals surface area contributed by atoms with Crippen molar-refractivity contribution >= 4 is 11.6 Å². The van der Waals surface area contributed by atoms with Crippen molar-refractivity contribution in [1.29, 1.82) is 0 Å². The first kappa shape index (κ1) is 11.4. The van der Waals surface area contributed by atoms with E-state index in [0.29, 0.717) is 5.95 Å². The second-order valence-electron chi connectivity index (χ2n) is 2.83. The van der Waals surface area contributed by atoms with Crippen LogP contribution in [0.2, 0.25) is 0 Å². The van der Waals surface area contributed by atoms with Gasteiger partial charge in [-0.05, 0) is 19.0 Å². The summed E-state index contributed by atoms with van der Waals surface area (Å²) in [5.74, 6) is 0.756. The molecule has 0 bridgehead atoms. The normalized spacial score (nSPS) is 9.80. The van der Waals surface area contributed by atoms with Gasteiger partial charge in [-0.2, -0.15) is 4.98 Å². The number of ether oxygens (including phenoxy) is 1. The second kappa shape index (κ2) is 5.23. The predicted octanol–water partition coefficient (Wildman–Crippen LogP) is 1.73. The average Bonchev–Trinajstić information content (AvgIpc) is 2.30. The summed E-state index contributed by atoms with van der Waals surface area (Å²) in [5, 5.41) is 2.77. The molecule has 6 heteroatoms. The lowest BCUT2D eigenvalue weighted by Crippen LogP contribution is -2.24. The average molecular weight is 210 g/mol. The van der Waals surface area contributed by atoms with Gasteiger partial charge >= 0.3 is 0 Å². The van der Waals surface area contributed by atoms with Gasteiger partial charge in [0.05, 0.1) is 13.3 Å². The first-order valence-corrected chi connectivity index (χ1v) is 4.76. The molecule has 6 nitrogen and oxygen atoms in total. The molecule has 0 aliphatic heterocycles. The van der Waals surface area contributed by atoms with E-state index >= 15 is 0 Å². The molecule has 0 aromatic carbocycles. The zero-order chi connectivity index (χ0) is 11.3. The van der Waals surface area contributed by atoms with E-state index in [1.807, 2.05) is 18.7 Å².